The number of nitrogens with zero attached hydrogens (tertiary/aromatic N) is 3. The molecule has 0 bridgehead atoms. The zero-order valence-electron chi connectivity index (χ0n) is 11.3. The number of thiol groups is 1. The van der Waals surface area contributed by atoms with Crippen molar-refractivity contribution in [1.82, 2.24) is 14.5 Å². The Morgan fingerprint density at radius 2 is 2.06 bits per heavy atom. The minimum Gasteiger partial charge on any atom is -0.311 e. The van der Waals surface area contributed by atoms with Crippen molar-refractivity contribution in [3.05, 3.63) is 30.1 Å². The van der Waals surface area contributed by atoms with E-state index in [1.54, 1.807) is 0 Å². The fourth-order valence-corrected chi connectivity index (χ4v) is 2.68. The molecule has 4 heteroatoms. The first-order chi connectivity index (χ1) is 8.69. The number of benzene rings is 1. The molecule has 0 amide bonds. The first-order valence-electron chi connectivity index (χ1n) is 6.42. The molecular weight excluding hydrogens is 242 g/mol. The van der Waals surface area contributed by atoms with Gasteiger partial charge >= 0.3 is 0 Å². The lowest BCUT2D eigenvalue weighted by atomic mass is 10.2. The Balaban J connectivity index is 2.60. The summed E-state index contributed by atoms with van der Waals surface area (Å²) in [6, 6.07) is 8.35. The maximum atomic E-state index is 4.74. The quantitative estimate of drug-likeness (QED) is 0.837. The Bertz CT molecular complexity index is 519. The fourth-order valence-electron chi connectivity index (χ4n) is 2.48. The summed E-state index contributed by atoms with van der Waals surface area (Å²) in [6.07, 6.45) is 2.32. The van der Waals surface area contributed by atoms with Crippen LogP contribution in [-0.4, -0.2) is 34.3 Å². The van der Waals surface area contributed by atoms with Crippen molar-refractivity contribution in [2.75, 3.05) is 19.8 Å². The summed E-state index contributed by atoms with van der Waals surface area (Å²) < 4.78 is 2.35. The van der Waals surface area contributed by atoms with Crippen molar-refractivity contribution in [3.63, 3.8) is 0 Å². The highest BCUT2D eigenvalue weighted by Crippen LogP contribution is 2.24. The molecule has 0 fully saturated rings. The van der Waals surface area contributed by atoms with Gasteiger partial charge in [0.15, 0.2) is 0 Å². The Labute approximate surface area is 114 Å². The monoisotopic (exact) mass is 263 g/mol. The first-order valence-corrected chi connectivity index (χ1v) is 7.05. The third-order valence-corrected chi connectivity index (χ3v) is 3.49. The van der Waals surface area contributed by atoms with Crippen molar-refractivity contribution >= 4 is 23.7 Å². The lowest BCUT2D eigenvalue weighted by Gasteiger charge is -2.26. The van der Waals surface area contributed by atoms with Gasteiger partial charge in [-0.05, 0) is 38.4 Å². The standard InChI is InChI=1S/C14H21N3S/c1-4-14(16(2)3)17-12-8-6-5-7-11(12)15-13(17)9-10-18/h5-8,14,18H,4,9-10H2,1-3H3. The van der Waals surface area contributed by atoms with Crippen molar-refractivity contribution in [3.8, 4) is 0 Å². The molecule has 0 aliphatic carbocycles. The van der Waals surface area contributed by atoms with Crippen LogP contribution in [0.15, 0.2) is 24.3 Å². The van der Waals surface area contributed by atoms with Crippen LogP contribution in [-0.2, 0) is 6.42 Å². The predicted molar refractivity (Wildman–Crippen MR) is 80.3 cm³/mol. The third kappa shape index (κ3) is 2.40. The largest absolute Gasteiger partial charge is 0.311 e. The molecule has 3 nitrogen and oxygen atoms in total. The molecule has 0 radical (unpaired) electrons. The number of hydrogen-bond acceptors (Lipinski definition) is 3. The number of imidazole rings is 1. The highest BCUT2D eigenvalue weighted by Gasteiger charge is 2.18. The summed E-state index contributed by atoms with van der Waals surface area (Å²) in [6.45, 7) is 2.21. The van der Waals surface area contributed by atoms with Crippen molar-refractivity contribution in [2.24, 2.45) is 0 Å². The summed E-state index contributed by atoms with van der Waals surface area (Å²) in [7, 11) is 4.24. The molecule has 1 aromatic heterocycles. The van der Waals surface area contributed by atoms with E-state index in [1.165, 1.54) is 5.52 Å². The molecule has 0 saturated heterocycles. The van der Waals surface area contributed by atoms with Crippen LogP contribution < -0.4 is 0 Å². The molecule has 18 heavy (non-hydrogen) atoms. The van der Waals surface area contributed by atoms with Gasteiger partial charge in [-0.3, -0.25) is 4.90 Å². The van der Waals surface area contributed by atoms with E-state index < -0.39 is 0 Å². The Kier molecular flexibility index (Phi) is 4.30. The Morgan fingerprint density at radius 1 is 1.33 bits per heavy atom. The molecule has 2 aromatic rings. The molecule has 2 rings (SSSR count). The van der Waals surface area contributed by atoms with Gasteiger partial charge in [0.1, 0.15) is 5.82 Å². The molecular formula is C14H21N3S. The summed E-state index contributed by atoms with van der Waals surface area (Å²) in [5.74, 6) is 1.96. The van der Waals surface area contributed by atoms with Crippen LogP contribution in [0, 0.1) is 0 Å². The molecule has 1 aromatic carbocycles. The smallest absolute Gasteiger partial charge is 0.112 e. The fraction of sp³-hybridized carbons (Fsp3) is 0.500. The van der Waals surface area contributed by atoms with Crippen LogP contribution in [0.3, 0.4) is 0 Å². The summed E-state index contributed by atoms with van der Waals surface area (Å²) in [5, 5.41) is 0. The number of aromatic nitrogens is 2. The molecule has 1 heterocycles. The average Bonchev–Trinajstić information content (AvgIpc) is 2.69. The SMILES string of the molecule is CCC(N(C)C)n1c(CCS)nc2ccccc21. The molecule has 0 aliphatic rings. The van der Waals surface area contributed by atoms with E-state index in [2.05, 4.69) is 61.3 Å². The Morgan fingerprint density at radius 3 is 2.67 bits per heavy atom. The van der Waals surface area contributed by atoms with E-state index >= 15 is 0 Å². The minimum absolute atomic E-state index is 0.354. The van der Waals surface area contributed by atoms with Gasteiger partial charge in [-0.25, -0.2) is 4.98 Å². The van der Waals surface area contributed by atoms with Crippen LogP contribution in [0.1, 0.15) is 25.3 Å². The zero-order valence-corrected chi connectivity index (χ0v) is 12.2. The normalized spacial score (nSPS) is 13.4. The predicted octanol–water partition coefficient (Wildman–Crippen LogP) is 2.98. The van der Waals surface area contributed by atoms with E-state index in [-0.39, 0.29) is 0 Å². The molecule has 98 valence electrons. The average molecular weight is 263 g/mol. The Hall–Kier alpha value is -1.00. The second kappa shape index (κ2) is 5.76. The zero-order chi connectivity index (χ0) is 13.1. The number of fused-ring (bicyclic) bond motifs is 1. The number of hydrogen-bond donors (Lipinski definition) is 1. The highest BCUT2D eigenvalue weighted by atomic mass is 32.1. The third-order valence-electron chi connectivity index (χ3n) is 3.26. The number of rotatable bonds is 5. The molecule has 0 spiro atoms. The number of aryl methyl sites for hydroxylation is 1. The highest BCUT2D eigenvalue weighted by molar-refractivity contribution is 7.80. The summed E-state index contributed by atoms with van der Waals surface area (Å²) in [5.41, 5.74) is 2.30. The second-order valence-corrected chi connectivity index (χ2v) is 5.16. The van der Waals surface area contributed by atoms with E-state index in [0.29, 0.717) is 6.17 Å². The second-order valence-electron chi connectivity index (χ2n) is 4.71. The molecule has 0 saturated carbocycles. The topological polar surface area (TPSA) is 21.1 Å². The molecule has 1 unspecified atom stereocenters. The lowest BCUT2D eigenvalue weighted by Crippen LogP contribution is -2.26. The van der Waals surface area contributed by atoms with Gasteiger partial charge in [-0.1, -0.05) is 19.1 Å². The van der Waals surface area contributed by atoms with Crippen molar-refractivity contribution < 1.29 is 0 Å². The van der Waals surface area contributed by atoms with E-state index in [1.807, 2.05) is 6.07 Å². The maximum Gasteiger partial charge on any atom is 0.112 e. The van der Waals surface area contributed by atoms with Gasteiger partial charge in [-0.15, -0.1) is 0 Å². The summed E-state index contributed by atoms with van der Waals surface area (Å²) in [4.78, 5) is 6.99. The van der Waals surface area contributed by atoms with E-state index in [9.17, 15) is 0 Å². The first kappa shape index (κ1) is 13.4. The minimum atomic E-state index is 0.354. The van der Waals surface area contributed by atoms with Crippen LogP contribution in [0.25, 0.3) is 11.0 Å². The van der Waals surface area contributed by atoms with Gasteiger partial charge in [-0.2, -0.15) is 12.6 Å². The molecule has 0 N–H and O–H groups in total. The van der Waals surface area contributed by atoms with Gasteiger partial charge in [0.05, 0.1) is 17.2 Å². The van der Waals surface area contributed by atoms with Crippen LogP contribution in [0.4, 0.5) is 0 Å². The van der Waals surface area contributed by atoms with Crippen LogP contribution in [0.2, 0.25) is 0 Å². The van der Waals surface area contributed by atoms with Gasteiger partial charge in [0.25, 0.3) is 0 Å². The van der Waals surface area contributed by atoms with Gasteiger partial charge < -0.3 is 4.57 Å². The molecule has 1 atom stereocenters. The van der Waals surface area contributed by atoms with Crippen LogP contribution >= 0.6 is 12.6 Å². The van der Waals surface area contributed by atoms with Crippen molar-refractivity contribution in [1.29, 1.82) is 0 Å². The van der Waals surface area contributed by atoms with Gasteiger partial charge in [0, 0.05) is 6.42 Å². The van der Waals surface area contributed by atoms with Crippen LogP contribution in [0.5, 0.6) is 0 Å². The van der Waals surface area contributed by atoms with E-state index in [0.717, 1.165) is 29.9 Å². The van der Waals surface area contributed by atoms with E-state index in [4.69, 9.17) is 4.98 Å². The van der Waals surface area contributed by atoms with Crippen molar-refractivity contribution in [2.45, 2.75) is 25.9 Å². The maximum absolute atomic E-state index is 4.74. The lowest BCUT2D eigenvalue weighted by molar-refractivity contribution is 0.211. The summed E-state index contributed by atoms with van der Waals surface area (Å²) >= 11 is 4.34. The molecule has 0 aliphatic heterocycles. The van der Waals surface area contributed by atoms with Gasteiger partial charge in [0.2, 0.25) is 0 Å². The number of para-hydroxylation sites is 2.